The molecule has 0 bridgehead atoms. The van der Waals surface area contributed by atoms with Crippen LogP contribution in [0.4, 0.5) is 0 Å². The molecule has 0 unspecified atom stereocenters. The van der Waals surface area contributed by atoms with Gasteiger partial charge in [-0.1, -0.05) is 0 Å². The molecule has 1 aliphatic rings. The molecule has 0 saturated heterocycles. The molecular formula is C12H9BrN2O. The Bertz CT molecular complexity index is 620. The standard InChI is InChI=1S/C12H9BrN2O/c13-11-9(16)4-3-8-10(11)7(5-14)12(15-8)6-1-2-6/h3-4,6,15-16H,1-2H2. The number of aromatic amines is 1. The molecule has 1 saturated carbocycles. The minimum atomic E-state index is 0.172. The minimum Gasteiger partial charge on any atom is -0.507 e. The van der Waals surface area contributed by atoms with Gasteiger partial charge in [-0.05, 0) is 40.9 Å². The Balaban J connectivity index is 2.40. The number of hydrogen-bond acceptors (Lipinski definition) is 2. The van der Waals surface area contributed by atoms with Gasteiger partial charge in [0.1, 0.15) is 11.8 Å². The Kier molecular flexibility index (Phi) is 1.98. The molecule has 1 aromatic heterocycles. The summed E-state index contributed by atoms with van der Waals surface area (Å²) in [5.41, 5.74) is 2.59. The summed E-state index contributed by atoms with van der Waals surface area (Å²) < 4.78 is 0.602. The highest BCUT2D eigenvalue weighted by Gasteiger charge is 2.29. The van der Waals surface area contributed by atoms with Crippen molar-refractivity contribution in [3.05, 3.63) is 27.9 Å². The number of nitrogens with one attached hydrogen (secondary N) is 1. The number of rotatable bonds is 1. The maximum Gasteiger partial charge on any atom is 0.130 e. The zero-order valence-corrected chi connectivity index (χ0v) is 10.0. The van der Waals surface area contributed by atoms with E-state index in [4.69, 9.17) is 0 Å². The zero-order valence-electron chi connectivity index (χ0n) is 8.42. The van der Waals surface area contributed by atoms with E-state index in [1.807, 2.05) is 6.07 Å². The molecule has 1 fully saturated rings. The molecule has 1 aromatic carbocycles. The van der Waals surface area contributed by atoms with Crippen LogP contribution in [-0.4, -0.2) is 10.1 Å². The number of halogens is 1. The van der Waals surface area contributed by atoms with E-state index in [-0.39, 0.29) is 5.75 Å². The van der Waals surface area contributed by atoms with Gasteiger partial charge in [0.15, 0.2) is 0 Å². The van der Waals surface area contributed by atoms with Crippen LogP contribution < -0.4 is 0 Å². The second-order valence-corrected chi connectivity index (χ2v) is 4.91. The Morgan fingerprint density at radius 1 is 1.44 bits per heavy atom. The van der Waals surface area contributed by atoms with Crippen molar-refractivity contribution in [1.82, 2.24) is 4.98 Å². The Hall–Kier alpha value is -1.47. The fourth-order valence-corrected chi connectivity index (χ4v) is 2.59. The number of nitrogens with zero attached hydrogens (tertiary/aromatic N) is 1. The van der Waals surface area contributed by atoms with Crippen LogP contribution in [0.25, 0.3) is 10.9 Å². The summed E-state index contributed by atoms with van der Waals surface area (Å²) >= 11 is 3.33. The van der Waals surface area contributed by atoms with Crippen LogP contribution in [-0.2, 0) is 0 Å². The summed E-state index contributed by atoms with van der Waals surface area (Å²) in [5, 5.41) is 19.7. The number of phenolic OH excluding ortho intramolecular Hbond substituents is 1. The van der Waals surface area contributed by atoms with E-state index in [0.29, 0.717) is 16.0 Å². The lowest BCUT2D eigenvalue weighted by atomic mass is 10.1. The monoisotopic (exact) mass is 276 g/mol. The van der Waals surface area contributed by atoms with E-state index in [9.17, 15) is 10.4 Å². The molecule has 4 heteroatoms. The minimum absolute atomic E-state index is 0.172. The first-order valence-corrected chi connectivity index (χ1v) is 5.95. The zero-order chi connectivity index (χ0) is 11.3. The number of nitriles is 1. The van der Waals surface area contributed by atoms with Crippen molar-refractivity contribution in [2.24, 2.45) is 0 Å². The van der Waals surface area contributed by atoms with E-state index < -0.39 is 0 Å². The normalized spacial score (nSPS) is 15.2. The van der Waals surface area contributed by atoms with Gasteiger partial charge in [-0.2, -0.15) is 5.26 Å². The quantitative estimate of drug-likeness (QED) is 0.839. The molecule has 0 radical (unpaired) electrons. The molecular weight excluding hydrogens is 268 g/mol. The summed E-state index contributed by atoms with van der Waals surface area (Å²) in [5.74, 6) is 0.668. The number of hydrogen-bond donors (Lipinski definition) is 2. The first kappa shape index (κ1) is 9.73. The van der Waals surface area contributed by atoms with E-state index >= 15 is 0 Å². The summed E-state index contributed by atoms with van der Waals surface area (Å²) in [6, 6.07) is 5.67. The van der Waals surface area contributed by atoms with Crippen molar-refractivity contribution in [2.45, 2.75) is 18.8 Å². The van der Waals surface area contributed by atoms with Crippen LogP contribution in [0.5, 0.6) is 5.75 Å². The smallest absolute Gasteiger partial charge is 0.130 e. The summed E-state index contributed by atoms with van der Waals surface area (Å²) in [6.45, 7) is 0. The molecule has 2 N–H and O–H groups in total. The second kappa shape index (κ2) is 3.26. The van der Waals surface area contributed by atoms with E-state index in [1.54, 1.807) is 6.07 Å². The van der Waals surface area contributed by atoms with Crippen LogP contribution in [0.15, 0.2) is 16.6 Å². The lowest BCUT2D eigenvalue weighted by Crippen LogP contribution is -1.82. The molecule has 0 spiro atoms. The lowest BCUT2D eigenvalue weighted by Gasteiger charge is -1.98. The molecule has 80 valence electrons. The van der Waals surface area contributed by atoms with Crippen molar-refractivity contribution in [1.29, 1.82) is 5.26 Å². The van der Waals surface area contributed by atoms with Gasteiger partial charge in [0.2, 0.25) is 0 Å². The number of phenols is 1. The Labute approximate surface area is 101 Å². The SMILES string of the molecule is N#Cc1c(C2CC2)[nH]c2ccc(O)c(Br)c12. The maximum atomic E-state index is 9.63. The predicted molar refractivity (Wildman–Crippen MR) is 64.4 cm³/mol. The third-order valence-corrected chi connectivity index (χ3v) is 3.81. The topological polar surface area (TPSA) is 59.8 Å². The van der Waals surface area contributed by atoms with Gasteiger partial charge < -0.3 is 10.1 Å². The highest BCUT2D eigenvalue weighted by atomic mass is 79.9. The number of benzene rings is 1. The largest absolute Gasteiger partial charge is 0.507 e. The molecule has 3 nitrogen and oxygen atoms in total. The second-order valence-electron chi connectivity index (χ2n) is 4.12. The highest BCUT2D eigenvalue weighted by Crippen LogP contribution is 2.45. The molecule has 1 heterocycles. The molecule has 0 amide bonds. The fraction of sp³-hybridized carbons (Fsp3) is 0.250. The van der Waals surface area contributed by atoms with Crippen molar-refractivity contribution >= 4 is 26.8 Å². The molecule has 16 heavy (non-hydrogen) atoms. The van der Waals surface area contributed by atoms with Gasteiger partial charge in [0.05, 0.1) is 10.0 Å². The van der Waals surface area contributed by atoms with Gasteiger partial charge in [0, 0.05) is 22.5 Å². The lowest BCUT2D eigenvalue weighted by molar-refractivity contribution is 0.473. The Morgan fingerprint density at radius 3 is 2.81 bits per heavy atom. The molecule has 0 atom stereocenters. The summed E-state index contributed by atoms with van der Waals surface area (Å²) in [7, 11) is 0. The number of H-pyrrole nitrogens is 1. The number of aromatic nitrogens is 1. The first-order valence-electron chi connectivity index (χ1n) is 5.15. The van der Waals surface area contributed by atoms with Crippen molar-refractivity contribution in [3.63, 3.8) is 0 Å². The van der Waals surface area contributed by atoms with Gasteiger partial charge in [-0.15, -0.1) is 0 Å². The number of aromatic hydroxyl groups is 1. The van der Waals surface area contributed by atoms with Crippen LogP contribution >= 0.6 is 15.9 Å². The molecule has 2 aromatic rings. The highest BCUT2D eigenvalue weighted by molar-refractivity contribution is 9.10. The summed E-state index contributed by atoms with van der Waals surface area (Å²) in [6.07, 6.45) is 2.29. The van der Waals surface area contributed by atoms with Gasteiger partial charge in [-0.3, -0.25) is 0 Å². The van der Waals surface area contributed by atoms with Crippen LogP contribution in [0.3, 0.4) is 0 Å². The van der Waals surface area contributed by atoms with Crippen molar-refractivity contribution in [2.75, 3.05) is 0 Å². The average molecular weight is 277 g/mol. The fourth-order valence-electron chi connectivity index (χ4n) is 2.05. The van der Waals surface area contributed by atoms with E-state index in [2.05, 4.69) is 27.0 Å². The van der Waals surface area contributed by atoms with Crippen molar-refractivity contribution in [3.8, 4) is 11.8 Å². The van der Waals surface area contributed by atoms with Gasteiger partial charge in [-0.25, -0.2) is 0 Å². The van der Waals surface area contributed by atoms with Gasteiger partial charge >= 0.3 is 0 Å². The summed E-state index contributed by atoms with van der Waals surface area (Å²) in [4.78, 5) is 3.28. The first-order chi connectivity index (χ1) is 7.72. The molecule has 1 aliphatic carbocycles. The maximum absolute atomic E-state index is 9.63. The van der Waals surface area contributed by atoms with E-state index in [1.165, 1.54) is 0 Å². The van der Waals surface area contributed by atoms with Crippen LogP contribution in [0.2, 0.25) is 0 Å². The Morgan fingerprint density at radius 2 is 2.19 bits per heavy atom. The predicted octanol–water partition coefficient (Wildman–Crippen LogP) is 3.39. The number of fused-ring (bicyclic) bond motifs is 1. The van der Waals surface area contributed by atoms with E-state index in [0.717, 1.165) is 29.4 Å². The molecule has 0 aliphatic heterocycles. The van der Waals surface area contributed by atoms with Gasteiger partial charge in [0.25, 0.3) is 0 Å². The van der Waals surface area contributed by atoms with Crippen LogP contribution in [0, 0.1) is 11.3 Å². The third-order valence-electron chi connectivity index (χ3n) is 3.01. The van der Waals surface area contributed by atoms with Crippen LogP contribution in [0.1, 0.15) is 30.0 Å². The van der Waals surface area contributed by atoms with Crippen molar-refractivity contribution < 1.29 is 5.11 Å². The third kappa shape index (κ3) is 1.25. The average Bonchev–Trinajstić information content (AvgIpc) is 3.05. The molecule has 3 rings (SSSR count).